The second-order valence-electron chi connectivity index (χ2n) is 4.90. The third-order valence-electron chi connectivity index (χ3n) is 3.40. The van der Waals surface area contributed by atoms with Crippen LogP contribution in [-0.4, -0.2) is 11.2 Å². The summed E-state index contributed by atoms with van der Waals surface area (Å²) in [5, 5.41) is -0.0523. The summed E-state index contributed by atoms with van der Waals surface area (Å²) in [6, 6.07) is 12.4. The van der Waals surface area contributed by atoms with E-state index in [0.29, 0.717) is 6.54 Å². The first-order chi connectivity index (χ1) is 10.1. The van der Waals surface area contributed by atoms with Gasteiger partial charge in [0.25, 0.3) is 0 Å². The molecule has 0 spiro atoms. The fourth-order valence-electron chi connectivity index (χ4n) is 2.34. The van der Waals surface area contributed by atoms with Crippen molar-refractivity contribution in [2.24, 2.45) is 0 Å². The van der Waals surface area contributed by atoms with Crippen molar-refractivity contribution < 1.29 is 9.18 Å². The van der Waals surface area contributed by atoms with E-state index in [1.165, 1.54) is 6.07 Å². The third-order valence-corrected chi connectivity index (χ3v) is 4.84. The fraction of sp³-hybridized carbons (Fsp3) is 0.188. The number of carbonyl (C=O) groups is 1. The quantitative estimate of drug-likeness (QED) is 0.811. The van der Waals surface area contributed by atoms with Gasteiger partial charge in [-0.1, -0.05) is 29.8 Å². The Morgan fingerprint density at radius 2 is 2.05 bits per heavy atom. The standard InChI is InChI=1S/C16H13ClFNOS/c1-10-16(20)19(14-4-2-3-5-15(14)21-10)9-11-6-7-13(18)12(17)8-11/h2-8,10H,9H2,1H3. The van der Waals surface area contributed by atoms with Crippen molar-refractivity contribution >= 4 is 35.0 Å². The molecule has 0 saturated carbocycles. The second kappa shape index (κ2) is 5.70. The lowest BCUT2D eigenvalue weighted by Crippen LogP contribution is -2.39. The van der Waals surface area contributed by atoms with Crippen LogP contribution in [0.3, 0.4) is 0 Å². The van der Waals surface area contributed by atoms with Gasteiger partial charge < -0.3 is 4.90 Å². The lowest BCUT2D eigenvalue weighted by molar-refractivity contribution is -0.118. The molecular weight excluding hydrogens is 309 g/mol. The zero-order valence-electron chi connectivity index (χ0n) is 11.3. The number of halogens is 2. The number of para-hydroxylation sites is 1. The van der Waals surface area contributed by atoms with Gasteiger partial charge in [-0.3, -0.25) is 4.79 Å². The Balaban J connectivity index is 1.96. The highest BCUT2D eigenvalue weighted by molar-refractivity contribution is 8.00. The third kappa shape index (κ3) is 2.78. The van der Waals surface area contributed by atoms with Crippen LogP contribution in [0.25, 0.3) is 0 Å². The maximum atomic E-state index is 13.2. The highest BCUT2D eigenvalue weighted by Gasteiger charge is 2.30. The van der Waals surface area contributed by atoms with Gasteiger partial charge in [-0.05, 0) is 36.8 Å². The van der Waals surface area contributed by atoms with E-state index in [0.717, 1.165) is 16.1 Å². The number of benzene rings is 2. The number of nitrogens with zero attached hydrogens (tertiary/aromatic N) is 1. The van der Waals surface area contributed by atoms with Crippen molar-refractivity contribution in [1.82, 2.24) is 0 Å². The van der Waals surface area contributed by atoms with Crippen molar-refractivity contribution in [3.05, 3.63) is 58.9 Å². The molecule has 108 valence electrons. The average molecular weight is 322 g/mol. The predicted octanol–water partition coefficient (Wildman–Crippen LogP) is 4.51. The molecule has 1 aliphatic heterocycles. The Labute approximate surface area is 131 Å². The molecule has 0 aromatic heterocycles. The molecule has 0 N–H and O–H groups in total. The van der Waals surface area contributed by atoms with Gasteiger partial charge in [-0.2, -0.15) is 0 Å². The van der Waals surface area contributed by atoms with Crippen LogP contribution in [0.1, 0.15) is 12.5 Å². The lowest BCUT2D eigenvalue weighted by atomic mass is 10.1. The average Bonchev–Trinajstić information content (AvgIpc) is 2.47. The summed E-state index contributed by atoms with van der Waals surface area (Å²) in [4.78, 5) is 15.3. The van der Waals surface area contributed by atoms with Crippen LogP contribution in [0.5, 0.6) is 0 Å². The molecule has 1 amide bonds. The molecule has 5 heteroatoms. The highest BCUT2D eigenvalue weighted by Crippen LogP contribution is 2.39. The van der Waals surface area contributed by atoms with E-state index in [2.05, 4.69) is 0 Å². The van der Waals surface area contributed by atoms with E-state index in [4.69, 9.17) is 11.6 Å². The summed E-state index contributed by atoms with van der Waals surface area (Å²) in [6.45, 7) is 2.29. The van der Waals surface area contributed by atoms with Crippen LogP contribution in [0, 0.1) is 5.82 Å². The number of thioether (sulfide) groups is 1. The molecule has 1 heterocycles. The largest absolute Gasteiger partial charge is 0.306 e. The number of fused-ring (bicyclic) bond motifs is 1. The van der Waals surface area contributed by atoms with Crippen molar-refractivity contribution in [1.29, 1.82) is 0 Å². The first kappa shape index (κ1) is 14.4. The number of hydrogen-bond donors (Lipinski definition) is 0. The van der Waals surface area contributed by atoms with Crippen LogP contribution in [-0.2, 0) is 11.3 Å². The minimum atomic E-state index is -0.449. The zero-order chi connectivity index (χ0) is 15.0. The number of hydrogen-bond acceptors (Lipinski definition) is 2. The van der Waals surface area contributed by atoms with E-state index >= 15 is 0 Å². The molecule has 1 aliphatic rings. The monoisotopic (exact) mass is 321 g/mol. The topological polar surface area (TPSA) is 20.3 Å². The van der Waals surface area contributed by atoms with Gasteiger partial charge in [0.05, 0.1) is 22.5 Å². The van der Waals surface area contributed by atoms with Crippen LogP contribution >= 0.6 is 23.4 Å². The summed E-state index contributed by atoms with van der Waals surface area (Å²) >= 11 is 7.38. The van der Waals surface area contributed by atoms with Gasteiger partial charge in [0.15, 0.2) is 0 Å². The van der Waals surface area contributed by atoms with Gasteiger partial charge in [-0.25, -0.2) is 4.39 Å². The summed E-state index contributed by atoms with van der Waals surface area (Å²) in [5.41, 5.74) is 1.70. The van der Waals surface area contributed by atoms with E-state index in [1.807, 2.05) is 31.2 Å². The molecule has 3 rings (SSSR count). The maximum absolute atomic E-state index is 13.2. The Kier molecular flexibility index (Phi) is 3.91. The Bertz CT molecular complexity index is 706. The Morgan fingerprint density at radius 3 is 2.81 bits per heavy atom. The molecule has 1 atom stereocenters. The fourth-order valence-corrected chi connectivity index (χ4v) is 3.61. The molecule has 0 bridgehead atoms. The van der Waals surface area contributed by atoms with Crippen molar-refractivity contribution in [3.63, 3.8) is 0 Å². The highest BCUT2D eigenvalue weighted by atomic mass is 35.5. The minimum Gasteiger partial charge on any atom is -0.306 e. The second-order valence-corrected chi connectivity index (χ2v) is 6.69. The number of carbonyl (C=O) groups excluding carboxylic acids is 1. The maximum Gasteiger partial charge on any atom is 0.240 e. The molecule has 1 unspecified atom stereocenters. The van der Waals surface area contributed by atoms with Crippen LogP contribution in [0.2, 0.25) is 5.02 Å². The molecule has 21 heavy (non-hydrogen) atoms. The molecule has 2 aromatic rings. The number of amides is 1. The Morgan fingerprint density at radius 1 is 1.29 bits per heavy atom. The molecule has 0 aliphatic carbocycles. The van der Waals surface area contributed by atoms with Crippen molar-refractivity contribution in [3.8, 4) is 0 Å². The van der Waals surface area contributed by atoms with Gasteiger partial charge in [-0.15, -0.1) is 11.8 Å². The first-order valence-corrected chi connectivity index (χ1v) is 7.83. The van der Waals surface area contributed by atoms with Crippen LogP contribution < -0.4 is 4.90 Å². The number of anilines is 1. The van der Waals surface area contributed by atoms with E-state index in [-0.39, 0.29) is 16.2 Å². The summed E-state index contributed by atoms with van der Waals surface area (Å²) in [5.74, 6) is -0.395. The van der Waals surface area contributed by atoms with Gasteiger partial charge in [0.1, 0.15) is 5.82 Å². The smallest absolute Gasteiger partial charge is 0.240 e. The first-order valence-electron chi connectivity index (χ1n) is 6.57. The van der Waals surface area contributed by atoms with E-state index < -0.39 is 5.82 Å². The molecule has 2 nitrogen and oxygen atoms in total. The molecule has 0 radical (unpaired) electrons. The molecule has 0 saturated heterocycles. The van der Waals surface area contributed by atoms with Gasteiger partial charge >= 0.3 is 0 Å². The molecular formula is C16H13ClFNOS. The molecule has 2 aromatic carbocycles. The Hall–Kier alpha value is -1.52. The summed E-state index contributed by atoms with van der Waals surface area (Å²) in [6.07, 6.45) is 0. The SMILES string of the molecule is CC1Sc2ccccc2N(Cc2ccc(F)c(Cl)c2)C1=O. The van der Waals surface area contributed by atoms with Crippen molar-refractivity contribution in [2.45, 2.75) is 23.6 Å². The summed E-state index contributed by atoms with van der Waals surface area (Å²) in [7, 11) is 0. The normalized spacial score (nSPS) is 17.8. The van der Waals surface area contributed by atoms with Gasteiger partial charge in [0, 0.05) is 4.90 Å². The van der Waals surface area contributed by atoms with E-state index in [1.54, 1.807) is 28.8 Å². The lowest BCUT2D eigenvalue weighted by Gasteiger charge is -2.32. The van der Waals surface area contributed by atoms with Crippen LogP contribution in [0.15, 0.2) is 47.4 Å². The van der Waals surface area contributed by atoms with Crippen molar-refractivity contribution in [2.75, 3.05) is 4.90 Å². The summed E-state index contributed by atoms with van der Waals surface area (Å²) < 4.78 is 13.2. The van der Waals surface area contributed by atoms with Gasteiger partial charge in [0.2, 0.25) is 5.91 Å². The predicted molar refractivity (Wildman–Crippen MR) is 84.4 cm³/mol. The molecule has 0 fully saturated rings. The number of rotatable bonds is 2. The minimum absolute atomic E-state index is 0.0548. The van der Waals surface area contributed by atoms with Crippen LogP contribution in [0.4, 0.5) is 10.1 Å². The van der Waals surface area contributed by atoms with E-state index in [9.17, 15) is 9.18 Å². The zero-order valence-corrected chi connectivity index (χ0v) is 12.9.